The van der Waals surface area contributed by atoms with E-state index >= 15 is 0 Å². The lowest BCUT2D eigenvalue weighted by atomic mass is 9.79. The summed E-state index contributed by atoms with van der Waals surface area (Å²) >= 11 is 0. The Balaban J connectivity index is 1.79. The first-order valence-corrected chi connectivity index (χ1v) is 11.3. The lowest BCUT2D eigenvalue weighted by molar-refractivity contribution is 0.0873. The zero-order valence-corrected chi connectivity index (χ0v) is 17.9. The normalized spacial score (nSPS) is 24.5. The van der Waals surface area contributed by atoms with Gasteiger partial charge in [-0.15, -0.1) is 0 Å². The van der Waals surface area contributed by atoms with Crippen molar-refractivity contribution >= 4 is 21.6 Å². The Morgan fingerprint density at radius 2 is 1.78 bits per heavy atom. The average Bonchev–Trinajstić information content (AvgIpc) is 2.78. The second-order valence-corrected chi connectivity index (χ2v) is 11.3. The number of fused-ring (bicyclic) bond motifs is 1. The molecule has 2 heterocycles. The van der Waals surface area contributed by atoms with Gasteiger partial charge in [-0.1, -0.05) is 0 Å². The molecule has 1 amide bonds. The van der Waals surface area contributed by atoms with Gasteiger partial charge in [0.25, 0.3) is 5.91 Å². The van der Waals surface area contributed by atoms with Crippen molar-refractivity contribution < 1.29 is 13.2 Å². The fraction of sp³-hybridized carbons (Fsp3) is 0.650. The van der Waals surface area contributed by atoms with Gasteiger partial charge in [-0.05, 0) is 77.6 Å². The van der Waals surface area contributed by atoms with Crippen molar-refractivity contribution in [2.75, 3.05) is 10.6 Å². The number of anilines is 1. The van der Waals surface area contributed by atoms with Crippen LogP contribution in [0.15, 0.2) is 18.2 Å². The zero-order chi connectivity index (χ0) is 20.2. The molecule has 3 rings (SSSR count). The standard InChI is InChI=1S/C20H31N3O3S/c1-13-9-15-10-14(7-8-17(15)23(13)27(6,25)26)18(24)21-16-11-19(2,3)22-20(4,5)12-16/h7-8,10,13,16,22H,9,11-12H2,1-6H3,(H,21,24). The molecule has 6 nitrogen and oxygen atoms in total. The molecule has 1 aromatic carbocycles. The maximum absolute atomic E-state index is 12.8. The molecule has 1 saturated heterocycles. The molecule has 2 aliphatic rings. The van der Waals surface area contributed by atoms with Crippen LogP contribution >= 0.6 is 0 Å². The van der Waals surface area contributed by atoms with Crippen LogP contribution in [0.2, 0.25) is 0 Å². The first-order valence-electron chi connectivity index (χ1n) is 9.50. The molecule has 2 aliphatic heterocycles. The molecule has 1 aromatic rings. The van der Waals surface area contributed by atoms with Crippen LogP contribution in [0.1, 0.15) is 63.4 Å². The smallest absolute Gasteiger partial charge is 0.251 e. The van der Waals surface area contributed by atoms with Crippen molar-refractivity contribution in [3.8, 4) is 0 Å². The van der Waals surface area contributed by atoms with E-state index < -0.39 is 10.0 Å². The van der Waals surface area contributed by atoms with E-state index in [1.54, 1.807) is 12.1 Å². The third kappa shape index (κ3) is 4.29. The molecule has 0 bridgehead atoms. The molecular formula is C20H31N3O3S. The predicted molar refractivity (Wildman–Crippen MR) is 109 cm³/mol. The Morgan fingerprint density at radius 3 is 2.33 bits per heavy atom. The van der Waals surface area contributed by atoms with Gasteiger partial charge in [-0.3, -0.25) is 9.10 Å². The van der Waals surface area contributed by atoms with E-state index in [1.807, 2.05) is 13.0 Å². The van der Waals surface area contributed by atoms with E-state index in [0.29, 0.717) is 17.7 Å². The van der Waals surface area contributed by atoms with Gasteiger partial charge < -0.3 is 10.6 Å². The van der Waals surface area contributed by atoms with Crippen LogP contribution in [0.4, 0.5) is 5.69 Å². The highest BCUT2D eigenvalue weighted by Crippen LogP contribution is 2.35. The van der Waals surface area contributed by atoms with Gasteiger partial charge in [0.15, 0.2) is 0 Å². The molecule has 1 unspecified atom stereocenters. The van der Waals surface area contributed by atoms with Crippen LogP contribution in [0.25, 0.3) is 0 Å². The molecule has 0 aliphatic carbocycles. The monoisotopic (exact) mass is 393 g/mol. The predicted octanol–water partition coefficient (Wildman–Crippen LogP) is 2.44. The zero-order valence-electron chi connectivity index (χ0n) is 17.1. The van der Waals surface area contributed by atoms with Crippen molar-refractivity contribution in [1.29, 1.82) is 0 Å². The van der Waals surface area contributed by atoms with Crippen LogP contribution in [-0.4, -0.2) is 43.7 Å². The molecule has 0 saturated carbocycles. The molecule has 150 valence electrons. The highest BCUT2D eigenvalue weighted by Gasteiger charge is 2.38. The molecule has 1 fully saturated rings. The number of rotatable bonds is 3. The molecule has 27 heavy (non-hydrogen) atoms. The van der Waals surface area contributed by atoms with E-state index in [0.717, 1.165) is 18.4 Å². The summed E-state index contributed by atoms with van der Waals surface area (Å²) in [6, 6.07) is 5.29. The summed E-state index contributed by atoms with van der Waals surface area (Å²) in [6.07, 6.45) is 3.58. The highest BCUT2D eigenvalue weighted by atomic mass is 32.2. The lowest BCUT2D eigenvalue weighted by Crippen LogP contribution is -2.62. The van der Waals surface area contributed by atoms with Crippen molar-refractivity contribution in [1.82, 2.24) is 10.6 Å². The number of benzene rings is 1. The minimum atomic E-state index is -3.32. The van der Waals surface area contributed by atoms with Crippen LogP contribution < -0.4 is 14.9 Å². The van der Waals surface area contributed by atoms with E-state index in [4.69, 9.17) is 0 Å². The van der Waals surface area contributed by atoms with Gasteiger partial charge in [0.2, 0.25) is 10.0 Å². The maximum Gasteiger partial charge on any atom is 0.251 e. The summed E-state index contributed by atoms with van der Waals surface area (Å²) in [4.78, 5) is 12.8. The highest BCUT2D eigenvalue weighted by molar-refractivity contribution is 7.92. The number of nitrogens with zero attached hydrogens (tertiary/aromatic N) is 1. The number of amides is 1. The number of hydrogen-bond donors (Lipinski definition) is 2. The van der Waals surface area contributed by atoms with Crippen LogP contribution in [-0.2, 0) is 16.4 Å². The van der Waals surface area contributed by atoms with Gasteiger partial charge in [-0.25, -0.2) is 8.42 Å². The maximum atomic E-state index is 12.8. The number of carbonyl (C=O) groups is 1. The van der Waals surface area contributed by atoms with Gasteiger partial charge in [0.05, 0.1) is 11.9 Å². The molecular weight excluding hydrogens is 362 g/mol. The second kappa shape index (κ2) is 6.48. The quantitative estimate of drug-likeness (QED) is 0.827. The minimum absolute atomic E-state index is 0.0386. The first-order chi connectivity index (χ1) is 12.3. The fourth-order valence-corrected chi connectivity index (χ4v) is 6.21. The fourth-order valence-electron chi connectivity index (χ4n) is 4.94. The van der Waals surface area contributed by atoms with E-state index in [-0.39, 0.29) is 29.1 Å². The molecule has 0 spiro atoms. The van der Waals surface area contributed by atoms with Crippen molar-refractivity contribution in [2.45, 2.75) is 77.0 Å². The molecule has 2 N–H and O–H groups in total. The van der Waals surface area contributed by atoms with E-state index in [2.05, 4.69) is 38.3 Å². The van der Waals surface area contributed by atoms with Crippen molar-refractivity contribution in [3.63, 3.8) is 0 Å². The summed E-state index contributed by atoms with van der Waals surface area (Å²) in [5.41, 5.74) is 2.11. The Labute approximate surface area is 162 Å². The Kier molecular flexibility index (Phi) is 4.84. The van der Waals surface area contributed by atoms with E-state index in [1.165, 1.54) is 10.6 Å². The van der Waals surface area contributed by atoms with Gasteiger partial charge in [0, 0.05) is 28.7 Å². The van der Waals surface area contributed by atoms with Crippen LogP contribution in [0.5, 0.6) is 0 Å². The number of hydrogen-bond acceptors (Lipinski definition) is 4. The Bertz CT molecular complexity index is 845. The molecule has 0 aromatic heterocycles. The second-order valence-electron chi connectivity index (χ2n) is 9.43. The third-order valence-electron chi connectivity index (χ3n) is 5.38. The lowest BCUT2D eigenvalue weighted by Gasteiger charge is -2.46. The van der Waals surface area contributed by atoms with Crippen LogP contribution in [0, 0.1) is 0 Å². The number of piperidine rings is 1. The summed E-state index contributed by atoms with van der Waals surface area (Å²) in [6.45, 7) is 10.5. The Morgan fingerprint density at radius 1 is 1.19 bits per heavy atom. The average molecular weight is 394 g/mol. The topological polar surface area (TPSA) is 78.5 Å². The summed E-state index contributed by atoms with van der Waals surface area (Å²) in [5, 5.41) is 6.80. The van der Waals surface area contributed by atoms with Gasteiger partial charge in [-0.2, -0.15) is 0 Å². The van der Waals surface area contributed by atoms with Gasteiger partial charge in [0.1, 0.15) is 0 Å². The molecule has 1 atom stereocenters. The molecule has 7 heteroatoms. The Hall–Kier alpha value is -1.60. The SMILES string of the molecule is CC1Cc2cc(C(=O)NC3CC(C)(C)NC(C)(C)C3)ccc2N1S(C)(=O)=O. The minimum Gasteiger partial charge on any atom is -0.349 e. The number of sulfonamides is 1. The number of nitrogens with one attached hydrogen (secondary N) is 2. The summed E-state index contributed by atoms with van der Waals surface area (Å²) in [7, 11) is -3.32. The first kappa shape index (κ1) is 20.1. The van der Waals surface area contributed by atoms with E-state index in [9.17, 15) is 13.2 Å². The largest absolute Gasteiger partial charge is 0.349 e. The third-order valence-corrected chi connectivity index (χ3v) is 6.65. The van der Waals surface area contributed by atoms with Gasteiger partial charge >= 0.3 is 0 Å². The molecule has 0 radical (unpaired) electrons. The number of carbonyl (C=O) groups excluding carboxylic acids is 1. The van der Waals surface area contributed by atoms with Crippen molar-refractivity contribution in [2.24, 2.45) is 0 Å². The van der Waals surface area contributed by atoms with Crippen LogP contribution in [0.3, 0.4) is 0 Å². The summed E-state index contributed by atoms with van der Waals surface area (Å²) < 4.78 is 25.5. The summed E-state index contributed by atoms with van der Waals surface area (Å²) in [5.74, 6) is -0.0956. The van der Waals surface area contributed by atoms with Crippen molar-refractivity contribution in [3.05, 3.63) is 29.3 Å².